The molecule has 2 amide bonds. The Morgan fingerprint density at radius 3 is 2.64 bits per heavy atom. The maximum Gasteiger partial charge on any atom is 0.321 e. The Bertz CT molecular complexity index is 765. The van der Waals surface area contributed by atoms with Crippen LogP contribution in [0.1, 0.15) is 16.9 Å². The van der Waals surface area contributed by atoms with Crippen LogP contribution in [0.25, 0.3) is 0 Å². The zero-order chi connectivity index (χ0) is 19.3. The lowest BCUT2D eigenvalue weighted by Gasteiger charge is -2.41. The molecule has 1 aromatic carbocycles. The third kappa shape index (κ3) is 4.55. The van der Waals surface area contributed by atoms with E-state index in [1.165, 1.54) is 10.4 Å². The first-order valence-corrected chi connectivity index (χ1v) is 10.8. The van der Waals surface area contributed by atoms with Crippen LogP contribution in [0.3, 0.4) is 0 Å². The van der Waals surface area contributed by atoms with Gasteiger partial charge >= 0.3 is 6.03 Å². The predicted octanol–water partition coefficient (Wildman–Crippen LogP) is 2.35. The average molecular weight is 401 g/mol. The second-order valence-electron chi connectivity index (χ2n) is 7.50. The third-order valence-corrected chi connectivity index (χ3v) is 6.46. The number of rotatable bonds is 7. The Morgan fingerprint density at radius 1 is 1.11 bits per heavy atom. The second-order valence-corrected chi connectivity index (χ2v) is 8.53. The molecule has 0 unspecified atom stereocenters. The van der Waals surface area contributed by atoms with Crippen molar-refractivity contribution in [1.82, 2.24) is 15.1 Å². The molecule has 2 N–H and O–H groups in total. The average Bonchev–Trinajstić information content (AvgIpc) is 3.36. The minimum absolute atomic E-state index is 0.0125. The van der Waals surface area contributed by atoms with Gasteiger partial charge in [0.25, 0.3) is 0 Å². The molecule has 0 aliphatic carbocycles. The summed E-state index contributed by atoms with van der Waals surface area (Å²) in [5, 5.41) is 14.5. The summed E-state index contributed by atoms with van der Waals surface area (Å²) in [5.74, 6) is 0. The van der Waals surface area contributed by atoms with Gasteiger partial charge in [0.15, 0.2) is 0 Å². The van der Waals surface area contributed by atoms with E-state index in [1.807, 2.05) is 12.1 Å². The minimum atomic E-state index is -0.0125. The van der Waals surface area contributed by atoms with E-state index in [4.69, 9.17) is 0 Å². The number of aliphatic hydroxyl groups is 1. The summed E-state index contributed by atoms with van der Waals surface area (Å²) in [5.41, 5.74) is 2.22. The van der Waals surface area contributed by atoms with Gasteiger partial charge in [-0.2, -0.15) is 0 Å². The summed E-state index contributed by atoms with van der Waals surface area (Å²) in [6.07, 6.45) is 0.810. The first kappa shape index (κ1) is 19.4. The zero-order valence-corrected chi connectivity index (χ0v) is 16.9. The summed E-state index contributed by atoms with van der Waals surface area (Å²) in [7, 11) is 0. The minimum Gasteiger partial charge on any atom is -0.396 e. The van der Waals surface area contributed by atoms with Crippen molar-refractivity contribution in [1.29, 1.82) is 0 Å². The van der Waals surface area contributed by atoms with Gasteiger partial charge in [0.05, 0.1) is 0 Å². The molecular weight excluding hydrogens is 372 g/mol. The molecule has 0 spiro atoms. The van der Waals surface area contributed by atoms with E-state index in [9.17, 15) is 9.90 Å². The maximum atomic E-state index is 11.8. The van der Waals surface area contributed by atoms with Gasteiger partial charge in [0.2, 0.25) is 0 Å². The van der Waals surface area contributed by atoms with Crippen LogP contribution in [0.2, 0.25) is 0 Å². The van der Waals surface area contributed by atoms with E-state index in [1.54, 1.807) is 16.2 Å². The van der Waals surface area contributed by atoms with Gasteiger partial charge in [-0.3, -0.25) is 14.7 Å². The van der Waals surface area contributed by atoms with Crippen LogP contribution < -0.4 is 10.2 Å². The molecule has 2 aliphatic heterocycles. The molecule has 28 heavy (non-hydrogen) atoms. The fourth-order valence-corrected chi connectivity index (χ4v) is 4.82. The van der Waals surface area contributed by atoms with Crippen molar-refractivity contribution in [3.05, 3.63) is 52.2 Å². The molecule has 2 aliphatic rings. The van der Waals surface area contributed by atoms with Gasteiger partial charge in [0, 0.05) is 69.0 Å². The third-order valence-electron chi connectivity index (χ3n) is 5.60. The number of hydrogen-bond acceptors (Lipinski definition) is 5. The van der Waals surface area contributed by atoms with Gasteiger partial charge in [-0.15, -0.1) is 11.3 Å². The van der Waals surface area contributed by atoms with Crippen molar-refractivity contribution in [3.8, 4) is 0 Å². The van der Waals surface area contributed by atoms with E-state index in [2.05, 4.69) is 44.8 Å². The van der Waals surface area contributed by atoms with Crippen molar-refractivity contribution in [2.75, 3.05) is 44.2 Å². The number of hydrogen-bond donors (Lipinski definition) is 2. The van der Waals surface area contributed by atoms with E-state index in [-0.39, 0.29) is 12.6 Å². The second kappa shape index (κ2) is 9.05. The predicted molar refractivity (Wildman–Crippen MR) is 113 cm³/mol. The maximum absolute atomic E-state index is 11.8. The quantitative estimate of drug-likeness (QED) is 0.749. The largest absolute Gasteiger partial charge is 0.396 e. The van der Waals surface area contributed by atoms with E-state index in [0.29, 0.717) is 12.6 Å². The Hall–Kier alpha value is -1.93. The lowest BCUT2D eigenvalue weighted by atomic mass is 10.1. The van der Waals surface area contributed by atoms with Gasteiger partial charge in [-0.05, 0) is 35.6 Å². The number of thiophene rings is 1. The Labute approximate surface area is 170 Å². The molecule has 7 heteroatoms. The van der Waals surface area contributed by atoms with E-state index >= 15 is 0 Å². The number of nitrogens with zero attached hydrogens (tertiary/aromatic N) is 3. The van der Waals surface area contributed by atoms with Crippen LogP contribution in [0, 0.1) is 0 Å². The SMILES string of the molecule is O=C1NCCN1c1ccc(CN2CCN(Cc3cccs3)[C@@H](CCO)C2)cc1. The molecule has 1 atom stereocenters. The molecule has 150 valence electrons. The summed E-state index contributed by atoms with van der Waals surface area (Å²) in [6, 6.07) is 13.0. The van der Waals surface area contributed by atoms with Crippen LogP contribution >= 0.6 is 11.3 Å². The smallest absolute Gasteiger partial charge is 0.321 e. The molecule has 2 saturated heterocycles. The van der Waals surface area contributed by atoms with Crippen molar-refractivity contribution in [2.45, 2.75) is 25.6 Å². The Balaban J connectivity index is 1.35. The lowest BCUT2D eigenvalue weighted by Crippen LogP contribution is -2.52. The van der Waals surface area contributed by atoms with Crippen molar-refractivity contribution in [2.24, 2.45) is 0 Å². The van der Waals surface area contributed by atoms with E-state index < -0.39 is 0 Å². The monoisotopic (exact) mass is 400 g/mol. The van der Waals surface area contributed by atoms with Crippen LogP contribution in [0.5, 0.6) is 0 Å². The summed E-state index contributed by atoms with van der Waals surface area (Å²) in [4.78, 5) is 20.0. The molecule has 2 aromatic rings. The van der Waals surface area contributed by atoms with Crippen molar-refractivity contribution >= 4 is 23.1 Å². The van der Waals surface area contributed by atoms with Crippen molar-refractivity contribution < 1.29 is 9.90 Å². The number of carbonyl (C=O) groups excluding carboxylic acids is 1. The first-order valence-electron chi connectivity index (χ1n) is 9.97. The molecule has 3 heterocycles. The van der Waals surface area contributed by atoms with Crippen molar-refractivity contribution in [3.63, 3.8) is 0 Å². The molecule has 1 aromatic heterocycles. The molecule has 4 rings (SSSR count). The standard InChI is InChI=1S/C21H28N4O2S/c26-12-7-19-15-23(10-11-24(19)16-20-2-1-13-28-20)14-17-3-5-18(6-4-17)25-9-8-22-21(25)27/h1-6,13,19,26H,7-12,14-16H2,(H,22,27)/t19-/m0/s1. The van der Waals surface area contributed by atoms with Gasteiger partial charge in [-0.1, -0.05) is 18.2 Å². The highest BCUT2D eigenvalue weighted by Crippen LogP contribution is 2.22. The Morgan fingerprint density at radius 2 is 1.96 bits per heavy atom. The van der Waals surface area contributed by atoms with Crippen LogP contribution in [0.15, 0.2) is 41.8 Å². The molecule has 6 nitrogen and oxygen atoms in total. The van der Waals surface area contributed by atoms with Crippen LogP contribution in [-0.2, 0) is 13.1 Å². The molecule has 0 radical (unpaired) electrons. The van der Waals surface area contributed by atoms with Gasteiger partial charge in [-0.25, -0.2) is 4.79 Å². The number of amides is 2. The molecule has 0 saturated carbocycles. The number of urea groups is 1. The number of carbonyl (C=O) groups is 1. The molecule has 0 bridgehead atoms. The highest BCUT2D eigenvalue weighted by atomic mass is 32.1. The highest BCUT2D eigenvalue weighted by Gasteiger charge is 2.27. The number of aliphatic hydroxyl groups excluding tert-OH is 1. The summed E-state index contributed by atoms with van der Waals surface area (Å²) < 4.78 is 0. The number of benzene rings is 1. The fraction of sp³-hybridized carbons (Fsp3) is 0.476. The molecule has 2 fully saturated rings. The zero-order valence-electron chi connectivity index (χ0n) is 16.1. The molecular formula is C21H28N4O2S. The van der Waals surface area contributed by atoms with Crippen LogP contribution in [-0.4, -0.2) is 66.3 Å². The van der Waals surface area contributed by atoms with Gasteiger partial charge in [0.1, 0.15) is 0 Å². The summed E-state index contributed by atoms with van der Waals surface area (Å²) in [6.45, 7) is 6.58. The number of piperazine rings is 1. The first-order chi connectivity index (χ1) is 13.7. The van der Waals surface area contributed by atoms with Crippen LogP contribution in [0.4, 0.5) is 10.5 Å². The fourth-order valence-electron chi connectivity index (χ4n) is 4.09. The lowest BCUT2D eigenvalue weighted by molar-refractivity contribution is 0.0506. The summed E-state index contributed by atoms with van der Waals surface area (Å²) >= 11 is 1.80. The topological polar surface area (TPSA) is 59.1 Å². The highest BCUT2D eigenvalue weighted by molar-refractivity contribution is 7.09. The number of nitrogens with one attached hydrogen (secondary N) is 1. The normalized spacial score (nSPS) is 21.2. The number of anilines is 1. The Kier molecular flexibility index (Phi) is 6.26. The van der Waals surface area contributed by atoms with Gasteiger partial charge < -0.3 is 10.4 Å². The van der Waals surface area contributed by atoms with E-state index in [0.717, 1.165) is 51.4 Å².